The van der Waals surface area contributed by atoms with Gasteiger partial charge < -0.3 is 4.74 Å². The molecule has 0 bridgehead atoms. The molecule has 0 N–H and O–H groups in total. The first-order valence-electron chi connectivity index (χ1n) is 3.51. The fourth-order valence-corrected chi connectivity index (χ4v) is 0.942. The zero-order chi connectivity index (χ0) is 9.19. The van der Waals surface area contributed by atoms with E-state index in [1.807, 2.05) is 0 Å². The summed E-state index contributed by atoms with van der Waals surface area (Å²) < 4.78 is 43.8. The quantitative estimate of drug-likeness (QED) is 0.603. The van der Waals surface area contributed by atoms with E-state index >= 15 is 0 Å². The highest BCUT2D eigenvalue weighted by Crippen LogP contribution is 2.21. The molecule has 0 aromatic carbocycles. The van der Waals surface area contributed by atoms with Crippen LogP contribution >= 0.6 is 0 Å². The molecule has 0 amide bonds. The number of hydrogen-bond donors (Lipinski definition) is 0. The molecule has 0 aromatic heterocycles. The van der Waals surface area contributed by atoms with Crippen LogP contribution in [0.2, 0.25) is 0 Å². The maximum atomic E-state index is 11.7. The highest BCUT2D eigenvalue weighted by atomic mass is 19.4. The van der Waals surface area contributed by atoms with Gasteiger partial charge >= 0.3 is 6.36 Å². The van der Waals surface area contributed by atoms with E-state index in [0.717, 1.165) is 0 Å². The molecule has 1 aliphatic heterocycles. The topological polar surface area (TPSA) is 21.7 Å². The van der Waals surface area contributed by atoms with Crippen molar-refractivity contribution in [1.82, 2.24) is 4.90 Å². The Kier molecular flexibility index (Phi) is 2.92. The zero-order valence-corrected chi connectivity index (χ0v) is 6.60. The van der Waals surface area contributed by atoms with Crippen LogP contribution in [-0.2, 0) is 9.47 Å². The second-order valence-electron chi connectivity index (χ2n) is 2.57. The summed E-state index contributed by atoms with van der Waals surface area (Å²) in [5.41, 5.74) is 0. The van der Waals surface area contributed by atoms with Crippen LogP contribution in [-0.4, -0.2) is 44.3 Å². The Morgan fingerprint density at radius 1 is 1.50 bits per heavy atom. The Hall–Kier alpha value is -0.330. The predicted octanol–water partition coefficient (Wildman–Crippen LogP) is 0.811. The van der Waals surface area contributed by atoms with Gasteiger partial charge in [-0.25, -0.2) is 0 Å². The summed E-state index contributed by atoms with van der Waals surface area (Å²) in [5, 5.41) is 0. The molecular weight excluding hydrogens is 175 g/mol. The molecule has 1 heterocycles. The summed E-state index contributed by atoms with van der Waals surface area (Å²) in [7, 11) is 1.57. The highest BCUT2D eigenvalue weighted by Gasteiger charge is 2.36. The molecule has 1 rings (SSSR count). The van der Waals surface area contributed by atoms with Gasteiger partial charge in [0.05, 0.1) is 13.2 Å². The monoisotopic (exact) mass is 185 g/mol. The molecule has 0 spiro atoms. The Balaban J connectivity index is 2.39. The fourth-order valence-electron chi connectivity index (χ4n) is 0.942. The lowest BCUT2D eigenvalue weighted by Gasteiger charge is -2.32. The summed E-state index contributed by atoms with van der Waals surface area (Å²) in [6.45, 7) is 0.880. The van der Waals surface area contributed by atoms with Crippen LogP contribution in [0.3, 0.4) is 0 Å². The number of ether oxygens (including phenoxy) is 2. The number of nitrogens with zero attached hydrogens (tertiary/aromatic N) is 1. The van der Waals surface area contributed by atoms with Crippen molar-refractivity contribution >= 4 is 0 Å². The molecule has 1 aliphatic rings. The van der Waals surface area contributed by atoms with Crippen molar-refractivity contribution in [1.29, 1.82) is 0 Å². The van der Waals surface area contributed by atoms with Crippen molar-refractivity contribution in [3.8, 4) is 0 Å². The second kappa shape index (κ2) is 3.59. The molecule has 0 saturated carbocycles. The fraction of sp³-hybridized carbons (Fsp3) is 1.00. The lowest BCUT2D eigenvalue weighted by Crippen LogP contribution is -2.46. The van der Waals surface area contributed by atoms with Gasteiger partial charge in [-0.2, -0.15) is 0 Å². The minimum atomic E-state index is -4.58. The van der Waals surface area contributed by atoms with Crippen molar-refractivity contribution in [2.75, 3.05) is 26.8 Å². The van der Waals surface area contributed by atoms with Gasteiger partial charge in [-0.05, 0) is 7.05 Å². The number of alkyl halides is 3. The van der Waals surface area contributed by atoms with Crippen molar-refractivity contribution in [2.45, 2.75) is 12.6 Å². The zero-order valence-electron chi connectivity index (χ0n) is 6.60. The van der Waals surface area contributed by atoms with Crippen molar-refractivity contribution in [2.24, 2.45) is 0 Å². The van der Waals surface area contributed by atoms with E-state index in [1.54, 1.807) is 7.05 Å². The summed E-state index contributed by atoms with van der Waals surface area (Å²) in [6.07, 6.45) is -5.58. The Morgan fingerprint density at radius 3 is 2.67 bits per heavy atom. The molecule has 12 heavy (non-hydrogen) atoms. The van der Waals surface area contributed by atoms with Gasteiger partial charge in [-0.1, -0.05) is 0 Å². The van der Waals surface area contributed by atoms with Gasteiger partial charge in [-0.3, -0.25) is 9.64 Å². The molecule has 3 nitrogen and oxygen atoms in total. The van der Waals surface area contributed by atoms with E-state index in [-0.39, 0.29) is 6.61 Å². The van der Waals surface area contributed by atoms with Crippen molar-refractivity contribution < 1.29 is 22.6 Å². The molecule has 1 atom stereocenters. The molecule has 1 saturated heterocycles. The summed E-state index contributed by atoms with van der Waals surface area (Å²) in [5.74, 6) is 0. The first-order valence-corrected chi connectivity index (χ1v) is 3.51. The largest absolute Gasteiger partial charge is 0.524 e. The van der Waals surface area contributed by atoms with Gasteiger partial charge in [-0.15, -0.1) is 13.2 Å². The average molecular weight is 185 g/mol. The Labute approximate surface area is 68.0 Å². The smallest absolute Gasteiger partial charge is 0.376 e. The number of likely N-dealkylation sites (N-methyl/N-ethyl adjacent to an activating group) is 1. The number of rotatable bonds is 1. The third kappa shape index (κ3) is 2.96. The first kappa shape index (κ1) is 9.76. The van der Waals surface area contributed by atoms with Crippen LogP contribution in [0.1, 0.15) is 0 Å². The summed E-state index contributed by atoms with van der Waals surface area (Å²) in [4.78, 5) is 1.47. The normalized spacial score (nSPS) is 27.5. The standard InChI is InChI=1S/C6H10F3NO2/c1-10-2-3-11-4-5(10)12-6(7,8)9/h5H,2-4H2,1H3. The third-order valence-corrected chi connectivity index (χ3v) is 1.61. The minimum Gasteiger partial charge on any atom is -0.376 e. The lowest BCUT2D eigenvalue weighted by atomic mass is 10.4. The van der Waals surface area contributed by atoms with Crippen LogP contribution < -0.4 is 0 Å². The van der Waals surface area contributed by atoms with E-state index in [2.05, 4.69) is 4.74 Å². The predicted molar refractivity (Wildman–Crippen MR) is 34.4 cm³/mol. The van der Waals surface area contributed by atoms with Crippen LogP contribution in [0.25, 0.3) is 0 Å². The van der Waals surface area contributed by atoms with Crippen LogP contribution in [0.5, 0.6) is 0 Å². The minimum absolute atomic E-state index is 0.0317. The maximum absolute atomic E-state index is 11.7. The SMILES string of the molecule is CN1CCOCC1OC(F)(F)F. The van der Waals surface area contributed by atoms with Gasteiger partial charge in [0.1, 0.15) is 6.23 Å². The third-order valence-electron chi connectivity index (χ3n) is 1.61. The second-order valence-corrected chi connectivity index (χ2v) is 2.57. The molecule has 1 unspecified atom stereocenters. The first-order chi connectivity index (χ1) is 5.49. The molecule has 0 radical (unpaired) electrons. The van der Waals surface area contributed by atoms with E-state index in [1.165, 1.54) is 4.90 Å². The Bertz CT molecular complexity index is 150. The summed E-state index contributed by atoms with van der Waals surface area (Å²) in [6, 6.07) is 0. The van der Waals surface area contributed by atoms with Crippen LogP contribution in [0.15, 0.2) is 0 Å². The van der Waals surface area contributed by atoms with E-state index in [4.69, 9.17) is 4.74 Å². The molecule has 0 aromatic rings. The van der Waals surface area contributed by atoms with Gasteiger partial charge in [0, 0.05) is 6.54 Å². The summed E-state index contributed by atoms with van der Waals surface area (Å²) >= 11 is 0. The Morgan fingerprint density at radius 2 is 2.17 bits per heavy atom. The molecule has 6 heteroatoms. The maximum Gasteiger partial charge on any atom is 0.524 e. The van der Waals surface area contributed by atoms with E-state index < -0.39 is 12.6 Å². The lowest BCUT2D eigenvalue weighted by molar-refractivity contribution is -0.368. The van der Waals surface area contributed by atoms with E-state index in [9.17, 15) is 13.2 Å². The van der Waals surface area contributed by atoms with Gasteiger partial charge in [0.2, 0.25) is 0 Å². The number of halogens is 3. The highest BCUT2D eigenvalue weighted by molar-refractivity contribution is 4.63. The molecule has 72 valence electrons. The average Bonchev–Trinajstić information content (AvgIpc) is 1.91. The number of hydrogen-bond acceptors (Lipinski definition) is 3. The van der Waals surface area contributed by atoms with Crippen molar-refractivity contribution in [3.05, 3.63) is 0 Å². The number of morpholine rings is 1. The van der Waals surface area contributed by atoms with Gasteiger partial charge in [0.15, 0.2) is 0 Å². The van der Waals surface area contributed by atoms with Crippen LogP contribution in [0, 0.1) is 0 Å². The van der Waals surface area contributed by atoms with E-state index in [0.29, 0.717) is 13.2 Å². The van der Waals surface area contributed by atoms with Gasteiger partial charge in [0.25, 0.3) is 0 Å². The molecule has 1 fully saturated rings. The van der Waals surface area contributed by atoms with Crippen molar-refractivity contribution in [3.63, 3.8) is 0 Å². The van der Waals surface area contributed by atoms with Crippen LogP contribution in [0.4, 0.5) is 13.2 Å². The molecule has 0 aliphatic carbocycles. The molecular formula is C6H10F3NO2.